The molecule has 1 atom stereocenters. The second-order valence-electron chi connectivity index (χ2n) is 3.37. The smallest absolute Gasteiger partial charge is 0.0726 e. The number of hydrogen-bond acceptors (Lipinski definition) is 2. The quantitative estimate of drug-likeness (QED) is 0.615. The SMILES string of the molecule is CC1c2ccccc2CCN1N=O. The second kappa shape index (κ2) is 3.17. The van der Waals surface area contributed by atoms with Crippen LogP contribution in [0.5, 0.6) is 0 Å². The third kappa shape index (κ3) is 1.30. The van der Waals surface area contributed by atoms with Crippen molar-refractivity contribution in [3.8, 4) is 0 Å². The molecule has 1 unspecified atom stereocenters. The molecule has 0 radical (unpaired) electrons. The molecule has 1 heterocycles. The largest absolute Gasteiger partial charge is 0.253 e. The lowest BCUT2D eigenvalue weighted by atomic mass is 9.95. The van der Waals surface area contributed by atoms with Crippen LogP contribution in [0.3, 0.4) is 0 Å². The van der Waals surface area contributed by atoms with Crippen LogP contribution in [-0.2, 0) is 6.42 Å². The van der Waals surface area contributed by atoms with Crippen LogP contribution >= 0.6 is 0 Å². The Morgan fingerprint density at radius 1 is 1.46 bits per heavy atom. The molecular formula is C10H12N2O. The number of fused-ring (bicyclic) bond motifs is 1. The number of rotatable bonds is 1. The molecule has 1 aliphatic heterocycles. The van der Waals surface area contributed by atoms with E-state index in [2.05, 4.69) is 17.4 Å². The summed E-state index contributed by atoms with van der Waals surface area (Å²) in [5.41, 5.74) is 2.57. The third-order valence-corrected chi connectivity index (χ3v) is 2.67. The Bertz CT molecular complexity index is 324. The molecule has 1 aromatic carbocycles. The molecule has 1 aromatic rings. The van der Waals surface area contributed by atoms with Gasteiger partial charge in [-0.15, -0.1) is 4.91 Å². The van der Waals surface area contributed by atoms with Gasteiger partial charge in [0.1, 0.15) is 0 Å². The Hall–Kier alpha value is -1.38. The summed E-state index contributed by atoms with van der Waals surface area (Å²) in [7, 11) is 0. The summed E-state index contributed by atoms with van der Waals surface area (Å²) in [5, 5.41) is 4.61. The van der Waals surface area contributed by atoms with Crippen LogP contribution in [0.1, 0.15) is 24.1 Å². The van der Waals surface area contributed by atoms with Crippen LogP contribution in [-0.4, -0.2) is 11.6 Å². The molecule has 3 heteroatoms. The molecule has 0 fully saturated rings. The molecule has 0 N–H and O–H groups in total. The van der Waals surface area contributed by atoms with E-state index in [1.807, 2.05) is 19.1 Å². The monoisotopic (exact) mass is 176 g/mol. The fourth-order valence-corrected chi connectivity index (χ4v) is 1.87. The average Bonchev–Trinajstić information content (AvgIpc) is 2.19. The second-order valence-corrected chi connectivity index (χ2v) is 3.37. The van der Waals surface area contributed by atoms with Crippen molar-refractivity contribution < 1.29 is 0 Å². The van der Waals surface area contributed by atoms with Crippen LogP contribution < -0.4 is 0 Å². The van der Waals surface area contributed by atoms with Crippen molar-refractivity contribution in [1.82, 2.24) is 5.01 Å². The first kappa shape index (κ1) is 8.23. The fourth-order valence-electron chi connectivity index (χ4n) is 1.87. The van der Waals surface area contributed by atoms with E-state index < -0.39 is 0 Å². The van der Waals surface area contributed by atoms with Gasteiger partial charge >= 0.3 is 0 Å². The minimum Gasteiger partial charge on any atom is -0.253 e. The molecule has 13 heavy (non-hydrogen) atoms. The highest BCUT2D eigenvalue weighted by atomic mass is 16.3. The van der Waals surface area contributed by atoms with Gasteiger partial charge < -0.3 is 0 Å². The standard InChI is InChI=1S/C10H12N2O/c1-8-10-5-3-2-4-9(10)6-7-12(8)11-13/h2-5,8H,6-7H2,1H3. The van der Waals surface area contributed by atoms with Gasteiger partial charge in [-0.3, -0.25) is 5.01 Å². The lowest BCUT2D eigenvalue weighted by Gasteiger charge is -2.30. The maximum Gasteiger partial charge on any atom is 0.0726 e. The first-order valence-corrected chi connectivity index (χ1v) is 4.50. The molecule has 0 saturated carbocycles. The van der Waals surface area contributed by atoms with Gasteiger partial charge in [0.05, 0.1) is 11.3 Å². The van der Waals surface area contributed by atoms with Crippen LogP contribution in [0.2, 0.25) is 0 Å². The van der Waals surface area contributed by atoms with Crippen LogP contribution in [0, 0.1) is 4.91 Å². The Morgan fingerprint density at radius 2 is 2.23 bits per heavy atom. The minimum atomic E-state index is 0.127. The highest BCUT2D eigenvalue weighted by Gasteiger charge is 2.22. The molecular weight excluding hydrogens is 164 g/mol. The Kier molecular flexibility index (Phi) is 2.00. The summed E-state index contributed by atoms with van der Waals surface area (Å²) < 4.78 is 0. The van der Waals surface area contributed by atoms with Crippen molar-refractivity contribution in [3.05, 3.63) is 40.3 Å². The Labute approximate surface area is 77.3 Å². The van der Waals surface area contributed by atoms with E-state index in [0.29, 0.717) is 0 Å². The van der Waals surface area contributed by atoms with Crippen molar-refractivity contribution in [3.63, 3.8) is 0 Å². The predicted molar refractivity (Wildman–Crippen MR) is 51.1 cm³/mol. The van der Waals surface area contributed by atoms with Crippen LogP contribution in [0.25, 0.3) is 0 Å². The molecule has 0 saturated heterocycles. The average molecular weight is 176 g/mol. The van der Waals surface area contributed by atoms with Crippen molar-refractivity contribution in [2.24, 2.45) is 5.29 Å². The summed E-state index contributed by atoms with van der Waals surface area (Å²) in [4.78, 5) is 10.5. The van der Waals surface area contributed by atoms with E-state index in [9.17, 15) is 4.91 Å². The lowest BCUT2D eigenvalue weighted by Crippen LogP contribution is -2.29. The molecule has 68 valence electrons. The van der Waals surface area contributed by atoms with Crippen LogP contribution in [0.15, 0.2) is 29.6 Å². The third-order valence-electron chi connectivity index (χ3n) is 2.67. The predicted octanol–water partition coefficient (Wildman–Crippen LogP) is 2.29. The Morgan fingerprint density at radius 3 is 3.00 bits per heavy atom. The maximum absolute atomic E-state index is 10.5. The fraction of sp³-hybridized carbons (Fsp3) is 0.400. The van der Waals surface area contributed by atoms with Crippen molar-refractivity contribution in [2.75, 3.05) is 6.54 Å². The molecule has 3 nitrogen and oxygen atoms in total. The molecule has 2 rings (SSSR count). The van der Waals surface area contributed by atoms with Gasteiger partial charge in [0.25, 0.3) is 0 Å². The number of nitroso groups, excluding NO2 is 1. The van der Waals surface area contributed by atoms with Crippen molar-refractivity contribution >= 4 is 0 Å². The zero-order valence-corrected chi connectivity index (χ0v) is 7.60. The minimum absolute atomic E-state index is 0.127. The molecule has 0 spiro atoms. The number of nitrogens with zero attached hydrogens (tertiary/aromatic N) is 2. The highest BCUT2D eigenvalue weighted by Crippen LogP contribution is 2.28. The van der Waals surface area contributed by atoms with Gasteiger partial charge in [0, 0.05) is 6.54 Å². The lowest BCUT2D eigenvalue weighted by molar-refractivity contribution is 0.204. The number of benzene rings is 1. The zero-order chi connectivity index (χ0) is 9.26. The summed E-state index contributed by atoms with van der Waals surface area (Å²) in [6.07, 6.45) is 0.923. The Balaban J connectivity index is 2.38. The first-order valence-electron chi connectivity index (χ1n) is 4.50. The molecule has 0 aliphatic carbocycles. The topological polar surface area (TPSA) is 32.7 Å². The summed E-state index contributed by atoms with van der Waals surface area (Å²) in [6.45, 7) is 2.75. The normalized spacial score (nSPS) is 21.0. The van der Waals surface area contributed by atoms with Crippen molar-refractivity contribution in [1.29, 1.82) is 0 Å². The van der Waals surface area contributed by atoms with Gasteiger partial charge in [-0.2, -0.15) is 0 Å². The number of hydrogen-bond donors (Lipinski definition) is 0. The first-order chi connectivity index (χ1) is 6.33. The van der Waals surface area contributed by atoms with E-state index in [4.69, 9.17) is 0 Å². The van der Waals surface area contributed by atoms with E-state index >= 15 is 0 Å². The highest BCUT2D eigenvalue weighted by molar-refractivity contribution is 5.31. The molecule has 1 aliphatic rings. The summed E-state index contributed by atoms with van der Waals surface area (Å²) in [5.74, 6) is 0. The van der Waals surface area contributed by atoms with Gasteiger partial charge in [-0.05, 0) is 24.5 Å². The van der Waals surface area contributed by atoms with Crippen molar-refractivity contribution in [2.45, 2.75) is 19.4 Å². The van der Waals surface area contributed by atoms with E-state index in [-0.39, 0.29) is 6.04 Å². The van der Waals surface area contributed by atoms with Gasteiger partial charge in [0.2, 0.25) is 0 Å². The van der Waals surface area contributed by atoms with Crippen LogP contribution in [0.4, 0.5) is 0 Å². The maximum atomic E-state index is 10.5. The summed E-state index contributed by atoms with van der Waals surface area (Å²) >= 11 is 0. The summed E-state index contributed by atoms with van der Waals surface area (Å²) in [6, 6.07) is 8.35. The molecule has 0 bridgehead atoms. The molecule has 0 aromatic heterocycles. The molecule has 0 amide bonds. The van der Waals surface area contributed by atoms with Gasteiger partial charge in [0.15, 0.2) is 0 Å². The zero-order valence-electron chi connectivity index (χ0n) is 7.60. The van der Waals surface area contributed by atoms with E-state index in [1.165, 1.54) is 11.1 Å². The van der Waals surface area contributed by atoms with Gasteiger partial charge in [-0.25, -0.2) is 0 Å². The van der Waals surface area contributed by atoms with E-state index in [0.717, 1.165) is 13.0 Å². The van der Waals surface area contributed by atoms with E-state index in [1.54, 1.807) is 5.01 Å². The van der Waals surface area contributed by atoms with Gasteiger partial charge in [-0.1, -0.05) is 24.3 Å².